The van der Waals surface area contributed by atoms with Crippen LogP contribution in [-0.2, 0) is 0 Å². The first kappa shape index (κ1) is 13.0. The number of nitrogens with zero attached hydrogens (tertiary/aromatic N) is 1. The van der Waals surface area contributed by atoms with Gasteiger partial charge in [0.2, 0.25) is 0 Å². The highest BCUT2D eigenvalue weighted by Gasteiger charge is 2.18. The van der Waals surface area contributed by atoms with Crippen molar-refractivity contribution in [1.29, 1.82) is 0 Å². The molecule has 0 bridgehead atoms. The Kier molecular flexibility index (Phi) is 4.35. The molecule has 0 aliphatic heterocycles. The molecule has 0 radical (unpaired) electrons. The first-order valence-electron chi connectivity index (χ1n) is 5.33. The van der Waals surface area contributed by atoms with Crippen molar-refractivity contribution >= 4 is 27.5 Å². The third-order valence-electron chi connectivity index (χ3n) is 2.47. The van der Waals surface area contributed by atoms with E-state index in [-0.39, 0.29) is 11.9 Å². The average molecular weight is 285 g/mol. The van der Waals surface area contributed by atoms with Crippen LogP contribution in [0.25, 0.3) is 0 Å². The molecule has 1 rings (SSSR count). The average Bonchev–Trinajstić information content (AvgIpc) is 2.17. The molecule has 1 aromatic rings. The lowest BCUT2D eigenvalue weighted by molar-refractivity contribution is 0.0718. The van der Waals surface area contributed by atoms with Gasteiger partial charge in [-0.3, -0.25) is 4.79 Å². The predicted octanol–water partition coefficient (Wildman–Crippen LogP) is 2.90. The van der Waals surface area contributed by atoms with Gasteiger partial charge in [-0.2, -0.15) is 0 Å². The van der Waals surface area contributed by atoms with Gasteiger partial charge in [0, 0.05) is 22.7 Å². The summed E-state index contributed by atoms with van der Waals surface area (Å²) in [6, 6.07) is 5.52. The summed E-state index contributed by atoms with van der Waals surface area (Å²) in [5.74, 6) is -0.0116. The van der Waals surface area contributed by atoms with Gasteiger partial charge >= 0.3 is 0 Å². The van der Waals surface area contributed by atoms with Crippen molar-refractivity contribution in [2.75, 3.05) is 12.3 Å². The number of halogens is 1. The summed E-state index contributed by atoms with van der Waals surface area (Å²) in [6.45, 7) is 6.64. The van der Waals surface area contributed by atoms with Gasteiger partial charge in [-0.05, 0) is 39.0 Å². The Morgan fingerprint density at radius 1 is 1.50 bits per heavy atom. The summed E-state index contributed by atoms with van der Waals surface area (Å²) in [7, 11) is 0. The van der Waals surface area contributed by atoms with E-state index in [9.17, 15) is 4.79 Å². The molecule has 0 fully saturated rings. The molecule has 0 aromatic heterocycles. The maximum Gasteiger partial charge on any atom is 0.256 e. The number of anilines is 1. The maximum absolute atomic E-state index is 12.2. The van der Waals surface area contributed by atoms with Crippen molar-refractivity contribution in [3.8, 4) is 0 Å². The Morgan fingerprint density at radius 3 is 2.56 bits per heavy atom. The number of hydrogen-bond donors (Lipinski definition) is 1. The lowest BCUT2D eigenvalue weighted by Gasteiger charge is -2.25. The van der Waals surface area contributed by atoms with Crippen LogP contribution in [0.2, 0.25) is 0 Å². The summed E-state index contributed by atoms with van der Waals surface area (Å²) in [6.07, 6.45) is 0. The lowest BCUT2D eigenvalue weighted by atomic mass is 10.1. The molecule has 1 amide bonds. The zero-order valence-corrected chi connectivity index (χ0v) is 11.4. The molecule has 0 aliphatic carbocycles. The molecule has 0 atom stereocenters. The van der Waals surface area contributed by atoms with E-state index in [1.54, 1.807) is 17.0 Å². The zero-order valence-electron chi connectivity index (χ0n) is 9.83. The minimum Gasteiger partial charge on any atom is -0.398 e. The fourth-order valence-corrected chi connectivity index (χ4v) is 2.01. The molecule has 0 aliphatic rings. The van der Waals surface area contributed by atoms with E-state index in [1.165, 1.54) is 0 Å². The molecule has 88 valence electrons. The lowest BCUT2D eigenvalue weighted by Crippen LogP contribution is -2.37. The molecule has 0 saturated carbocycles. The monoisotopic (exact) mass is 284 g/mol. The second kappa shape index (κ2) is 5.34. The van der Waals surface area contributed by atoms with Crippen LogP contribution in [0.1, 0.15) is 31.1 Å². The minimum absolute atomic E-state index is 0.0116. The van der Waals surface area contributed by atoms with E-state index >= 15 is 0 Å². The molecule has 0 unspecified atom stereocenters. The smallest absolute Gasteiger partial charge is 0.256 e. The number of benzene rings is 1. The van der Waals surface area contributed by atoms with Gasteiger partial charge in [0.1, 0.15) is 0 Å². The van der Waals surface area contributed by atoms with E-state index in [4.69, 9.17) is 5.73 Å². The molecule has 0 heterocycles. The highest BCUT2D eigenvalue weighted by Crippen LogP contribution is 2.20. The number of hydrogen-bond acceptors (Lipinski definition) is 2. The number of rotatable bonds is 3. The van der Waals surface area contributed by atoms with Gasteiger partial charge in [-0.25, -0.2) is 0 Å². The van der Waals surface area contributed by atoms with E-state index in [1.807, 2.05) is 26.8 Å². The van der Waals surface area contributed by atoms with Crippen LogP contribution in [-0.4, -0.2) is 23.4 Å². The predicted molar refractivity (Wildman–Crippen MR) is 70.4 cm³/mol. The number of carbonyl (C=O) groups is 1. The quantitative estimate of drug-likeness (QED) is 0.868. The van der Waals surface area contributed by atoms with Gasteiger partial charge in [0.15, 0.2) is 0 Å². The fraction of sp³-hybridized carbons (Fsp3) is 0.417. The minimum atomic E-state index is -0.0116. The first-order valence-corrected chi connectivity index (χ1v) is 6.12. The van der Waals surface area contributed by atoms with Crippen molar-refractivity contribution in [2.24, 2.45) is 0 Å². The molecule has 16 heavy (non-hydrogen) atoms. The van der Waals surface area contributed by atoms with Crippen LogP contribution in [0.15, 0.2) is 22.7 Å². The first-order chi connectivity index (χ1) is 7.47. The van der Waals surface area contributed by atoms with Crippen molar-refractivity contribution in [2.45, 2.75) is 26.8 Å². The number of nitrogen functional groups attached to an aromatic ring is 1. The van der Waals surface area contributed by atoms with Crippen molar-refractivity contribution in [3.05, 3.63) is 28.2 Å². The van der Waals surface area contributed by atoms with Gasteiger partial charge in [-0.15, -0.1) is 0 Å². The normalized spacial score (nSPS) is 10.6. The Balaban J connectivity index is 3.04. The Hall–Kier alpha value is -1.03. The molecule has 0 saturated heterocycles. The Labute approximate surface area is 105 Å². The van der Waals surface area contributed by atoms with Crippen molar-refractivity contribution in [1.82, 2.24) is 4.90 Å². The Bertz CT molecular complexity index is 391. The second-order valence-electron chi connectivity index (χ2n) is 3.92. The van der Waals surface area contributed by atoms with Crippen LogP contribution in [0.3, 0.4) is 0 Å². The SMILES string of the molecule is CCN(C(=O)c1ccc(Br)cc1N)C(C)C. The molecule has 1 aromatic carbocycles. The van der Waals surface area contributed by atoms with Crippen LogP contribution in [0.4, 0.5) is 5.69 Å². The van der Waals surface area contributed by atoms with E-state index in [0.717, 1.165) is 4.47 Å². The highest BCUT2D eigenvalue weighted by molar-refractivity contribution is 9.10. The number of carbonyl (C=O) groups excluding carboxylic acids is 1. The molecular weight excluding hydrogens is 268 g/mol. The zero-order chi connectivity index (χ0) is 12.3. The summed E-state index contributed by atoms with van der Waals surface area (Å²) in [5, 5.41) is 0. The van der Waals surface area contributed by atoms with Crippen LogP contribution < -0.4 is 5.73 Å². The third kappa shape index (κ3) is 2.76. The molecule has 2 N–H and O–H groups in total. The van der Waals surface area contributed by atoms with Gasteiger partial charge < -0.3 is 10.6 Å². The van der Waals surface area contributed by atoms with Gasteiger partial charge in [0.05, 0.1) is 5.56 Å². The summed E-state index contributed by atoms with van der Waals surface area (Å²) < 4.78 is 0.883. The molecule has 0 spiro atoms. The van der Waals surface area contributed by atoms with Gasteiger partial charge in [-0.1, -0.05) is 15.9 Å². The van der Waals surface area contributed by atoms with E-state index in [2.05, 4.69) is 15.9 Å². The largest absolute Gasteiger partial charge is 0.398 e. The topological polar surface area (TPSA) is 46.3 Å². The maximum atomic E-state index is 12.2. The molecule has 3 nitrogen and oxygen atoms in total. The number of nitrogens with two attached hydrogens (primary N) is 1. The van der Waals surface area contributed by atoms with E-state index < -0.39 is 0 Å². The van der Waals surface area contributed by atoms with Crippen molar-refractivity contribution in [3.63, 3.8) is 0 Å². The van der Waals surface area contributed by atoms with Crippen LogP contribution in [0.5, 0.6) is 0 Å². The van der Waals surface area contributed by atoms with Gasteiger partial charge in [0.25, 0.3) is 5.91 Å². The van der Waals surface area contributed by atoms with Crippen LogP contribution in [0, 0.1) is 0 Å². The van der Waals surface area contributed by atoms with E-state index in [0.29, 0.717) is 17.8 Å². The fourth-order valence-electron chi connectivity index (χ4n) is 1.63. The summed E-state index contributed by atoms with van der Waals surface area (Å²) in [4.78, 5) is 14.0. The standard InChI is InChI=1S/C12H17BrN2O/c1-4-15(8(2)3)12(16)10-6-5-9(13)7-11(10)14/h5-8H,4,14H2,1-3H3. The highest BCUT2D eigenvalue weighted by atomic mass is 79.9. The number of amides is 1. The molecule has 4 heteroatoms. The summed E-state index contributed by atoms with van der Waals surface area (Å²) >= 11 is 3.32. The Morgan fingerprint density at radius 2 is 2.12 bits per heavy atom. The third-order valence-corrected chi connectivity index (χ3v) is 2.96. The second-order valence-corrected chi connectivity index (χ2v) is 4.83. The molecular formula is C12H17BrN2O. The van der Waals surface area contributed by atoms with Crippen molar-refractivity contribution < 1.29 is 4.79 Å². The van der Waals surface area contributed by atoms with Crippen LogP contribution >= 0.6 is 15.9 Å². The summed E-state index contributed by atoms with van der Waals surface area (Å²) in [5.41, 5.74) is 6.92.